The molecule has 1 unspecified atom stereocenters. The Morgan fingerprint density at radius 3 is 2.25 bits per heavy atom. The highest BCUT2D eigenvalue weighted by molar-refractivity contribution is 6.00. The predicted molar refractivity (Wildman–Crippen MR) is 80.4 cm³/mol. The van der Waals surface area contributed by atoms with Crippen molar-refractivity contribution in [3.63, 3.8) is 0 Å². The molecule has 1 atom stereocenters. The number of carbonyl (C=O) groups excluding carboxylic acids is 1. The number of hydrogen-bond acceptors (Lipinski definition) is 4. The van der Waals surface area contributed by atoms with Crippen molar-refractivity contribution in [2.24, 2.45) is 0 Å². The van der Waals surface area contributed by atoms with E-state index < -0.39 is 0 Å². The molecular formula is C15H24N2O3. The molecule has 5 heteroatoms. The number of carbonyl (C=O) groups is 1. The zero-order valence-electron chi connectivity index (χ0n) is 12.9. The Kier molecular flexibility index (Phi) is 5.67. The van der Waals surface area contributed by atoms with Crippen LogP contribution in [0.5, 0.6) is 11.5 Å². The Bertz CT molecular complexity index is 474. The fourth-order valence-corrected chi connectivity index (χ4v) is 2.11. The Hall–Kier alpha value is -1.91. The molecule has 0 heterocycles. The third kappa shape index (κ3) is 3.15. The Labute approximate surface area is 120 Å². The molecule has 0 saturated carbocycles. The molecule has 0 radical (unpaired) electrons. The van der Waals surface area contributed by atoms with E-state index in [4.69, 9.17) is 15.2 Å². The van der Waals surface area contributed by atoms with Gasteiger partial charge in [-0.3, -0.25) is 4.79 Å². The average molecular weight is 280 g/mol. The van der Waals surface area contributed by atoms with E-state index in [1.807, 2.05) is 13.8 Å². The van der Waals surface area contributed by atoms with E-state index in [0.29, 0.717) is 29.3 Å². The molecule has 1 aromatic rings. The first-order chi connectivity index (χ1) is 9.49. The minimum absolute atomic E-state index is 0.0831. The number of rotatable bonds is 6. The summed E-state index contributed by atoms with van der Waals surface area (Å²) >= 11 is 0. The van der Waals surface area contributed by atoms with Crippen LogP contribution >= 0.6 is 0 Å². The van der Waals surface area contributed by atoms with Crippen LogP contribution in [0.3, 0.4) is 0 Å². The number of benzene rings is 1. The first-order valence-corrected chi connectivity index (χ1v) is 6.82. The second kappa shape index (κ2) is 7.03. The first kappa shape index (κ1) is 16.1. The highest BCUT2D eigenvalue weighted by atomic mass is 16.5. The highest BCUT2D eigenvalue weighted by Crippen LogP contribution is 2.32. The summed E-state index contributed by atoms with van der Waals surface area (Å²) in [6.45, 7) is 6.68. The normalized spacial score (nSPS) is 11.8. The van der Waals surface area contributed by atoms with E-state index in [1.165, 1.54) is 14.2 Å². The molecular weight excluding hydrogens is 256 g/mol. The van der Waals surface area contributed by atoms with Gasteiger partial charge in [-0.05, 0) is 26.3 Å². The number of nitrogen functional groups attached to an aromatic ring is 1. The minimum Gasteiger partial charge on any atom is -0.493 e. The predicted octanol–water partition coefficient (Wildman–Crippen LogP) is 2.55. The van der Waals surface area contributed by atoms with Crippen molar-refractivity contribution >= 4 is 11.6 Å². The van der Waals surface area contributed by atoms with Crippen LogP contribution in [-0.4, -0.2) is 37.6 Å². The SMILES string of the molecule is CCC(C)N(CC)C(=O)c1cc(OC)c(OC)cc1N. The number of nitrogens with zero attached hydrogens (tertiary/aromatic N) is 1. The van der Waals surface area contributed by atoms with Gasteiger partial charge in [-0.15, -0.1) is 0 Å². The van der Waals surface area contributed by atoms with Gasteiger partial charge in [-0.25, -0.2) is 0 Å². The van der Waals surface area contributed by atoms with Crippen LogP contribution in [0.1, 0.15) is 37.6 Å². The van der Waals surface area contributed by atoms with Crippen molar-refractivity contribution in [2.45, 2.75) is 33.2 Å². The molecule has 0 fully saturated rings. The zero-order valence-corrected chi connectivity index (χ0v) is 12.9. The standard InChI is InChI=1S/C15H24N2O3/c1-6-10(3)17(7-2)15(18)11-8-13(19-4)14(20-5)9-12(11)16/h8-10H,6-7,16H2,1-5H3. The van der Waals surface area contributed by atoms with Gasteiger partial charge in [0.2, 0.25) is 0 Å². The maximum atomic E-state index is 12.6. The van der Waals surface area contributed by atoms with E-state index >= 15 is 0 Å². The number of ether oxygens (including phenoxy) is 2. The van der Waals surface area contributed by atoms with Crippen molar-refractivity contribution in [2.75, 3.05) is 26.5 Å². The van der Waals surface area contributed by atoms with E-state index in [9.17, 15) is 4.79 Å². The van der Waals surface area contributed by atoms with Crippen molar-refractivity contribution < 1.29 is 14.3 Å². The lowest BCUT2D eigenvalue weighted by Crippen LogP contribution is -2.38. The molecule has 0 bridgehead atoms. The van der Waals surface area contributed by atoms with Crippen molar-refractivity contribution in [1.82, 2.24) is 4.90 Å². The van der Waals surface area contributed by atoms with Gasteiger partial charge in [-0.2, -0.15) is 0 Å². The molecule has 0 aliphatic rings. The van der Waals surface area contributed by atoms with Crippen LogP contribution < -0.4 is 15.2 Å². The van der Waals surface area contributed by atoms with Gasteiger partial charge < -0.3 is 20.1 Å². The summed E-state index contributed by atoms with van der Waals surface area (Å²) in [5.74, 6) is 0.943. The van der Waals surface area contributed by atoms with Crippen molar-refractivity contribution in [3.05, 3.63) is 17.7 Å². The summed E-state index contributed by atoms with van der Waals surface area (Å²) < 4.78 is 10.4. The van der Waals surface area contributed by atoms with Crippen LogP contribution in [0.2, 0.25) is 0 Å². The molecule has 0 aromatic heterocycles. The van der Waals surface area contributed by atoms with Gasteiger partial charge >= 0.3 is 0 Å². The Morgan fingerprint density at radius 1 is 1.25 bits per heavy atom. The molecule has 5 nitrogen and oxygen atoms in total. The van der Waals surface area contributed by atoms with E-state index in [2.05, 4.69) is 6.92 Å². The van der Waals surface area contributed by atoms with E-state index in [1.54, 1.807) is 17.0 Å². The zero-order chi connectivity index (χ0) is 15.3. The minimum atomic E-state index is -0.0831. The summed E-state index contributed by atoms with van der Waals surface area (Å²) in [5.41, 5.74) is 6.82. The van der Waals surface area contributed by atoms with Gasteiger partial charge in [0.05, 0.1) is 19.8 Å². The number of methoxy groups -OCH3 is 2. The highest BCUT2D eigenvalue weighted by Gasteiger charge is 2.22. The molecule has 1 aromatic carbocycles. The van der Waals surface area contributed by atoms with Gasteiger partial charge in [-0.1, -0.05) is 6.92 Å². The summed E-state index contributed by atoms with van der Waals surface area (Å²) in [6, 6.07) is 3.43. The fourth-order valence-electron chi connectivity index (χ4n) is 2.11. The molecule has 2 N–H and O–H groups in total. The molecule has 20 heavy (non-hydrogen) atoms. The quantitative estimate of drug-likeness (QED) is 0.813. The first-order valence-electron chi connectivity index (χ1n) is 6.82. The number of amides is 1. The second-order valence-corrected chi connectivity index (χ2v) is 4.64. The third-order valence-corrected chi connectivity index (χ3v) is 3.51. The molecule has 1 rings (SSSR count). The lowest BCUT2D eigenvalue weighted by atomic mass is 10.1. The summed E-state index contributed by atoms with van der Waals surface area (Å²) in [6.07, 6.45) is 0.896. The maximum Gasteiger partial charge on any atom is 0.256 e. The van der Waals surface area contributed by atoms with Gasteiger partial charge in [0.15, 0.2) is 11.5 Å². The fraction of sp³-hybridized carbons (Fsp3) is 0.533. The average Bonchev–Trinajstić information content (AvgIpc) is 2.46. The van der Waals surface area contributed by atoms with E-state index in [0.717, 1.165) is 6.42 Å². The molecule has 1 amide bonds. The monoisotopic (exact) mass is 280 g/mol. The second-order valence-electron chi connectivity index (χ2n) is 4.64. The van der Waals surface area contributed by atoms with Crippen LogP contribution in [0.15, 0.2) is 12.1 Å². The molecule has 0 aliphatic heterocycles. The van der Waals surface area contributed by atoms with E-state index in [-0.39, 0.29) is 11.9 Å². The molecule has 0 spiro atoms. The molecule has 0 aliphatic carbocycles. The Balaban J connectivity index is 3.21. The summed E-state index contributed by atoms with van der Waals surface area (Å²) in [5, 5.41) is 0. The number of anilines is 1. The molecule has 112 valence electrons. The smallest absolute Gasteiger partial charge is 0.256 e. The summed E-state index contributed by atoms with van der Waals surface area (Å²) in [4.78, 5) is 14.4. The third-order valence-electron chi connectivity index (χ3n) is 3.51. The largest absolute Gasteiger partial charge is 0.493 e. The topological polar surface area (TPSA) is 64.8 Å². The summed E-state index contributed by atoms with van der Waals surface area (Å²) in [7, 11) is 3.07. The number of nitrogens with two attached hydrogens (primary N) is 1. The number of hydrogen-bond donors (Lipinski definition) is 1. The van der Waals surface area contributed by atoms with Gasteiger partial charge in [0.25, 0.3) is 5.91 Å². The van der Waals surface area contributed by atoms with Gasteiger partial charge in [0, 0.05) is 24.3 Å². The van der Waals surface area contributed by atoms with Crippen LogP contribution in [0.25, 0.3) is 0 Å². The maximum absolute atomic E-state index is 12.6. The van der Waals surface area contributed by atoms with Crippen molar-refractivity contribution in [3.8, 4) is 11.5 Å². The lowest BCUT2D eigenvalue weighted by Gasteiger charge is -2.28. The van der Waals surface area contributed by atoms with Crippen LogP contribution in [0.4, 0.5) is 5.69 Å². The van der Waals surface area contributed by atoms with Crippen LogP contribution in [0, 0.1) is 0 Å². The van der Waals surface area contributed by atoms with Crippen molar-refractivity contribution in [1.29, 1.82) is 0 Å². The van der Waals surface area contributed by atoms with Gasteiger partial charge in [0.1, 0.15) is 0 Å². The lowest BCUT2D eigenvalue weighted by molar-refractivity contribution is 0.0700. The van der Waals surface area contributed by atoms with Crippen LogP contribution in [-0.2, 0) is 0 Å². The molecule has 0 saturated heterocycles. The Morgan fingerprint density at radius 2 is 1.80 bits per heavy atom.